The summed E-state index contributed by atoms with van der Waals surface area (Å²) in [5, 5.41) is 19.6. The van der Waals surface area contributed by atoms with E-state index in [1.807, 2.05) is 24.3 Å². The molecule has 2 N–H and O–H groups in total. The third kappa shape index (κ3) is 5.00. The molecule has 0 fully saturated rings. The molecule has 0 unspecified atom stereocenters. The zero-order valence-electron chi connectivity index (χ0n) is 17.4. The van der Waals surface area contributed by atoms with Gasteiger partial charge in [0.05, 0.1) is 16.2 Å². The summed E-state index contributed by atoms with van der Waals surface area (Å²) in [6.07, 6.45) is 0. The number of carbonyl (C=O) groups is 1. The van der Waals surface area contributed by atoms with Gasteiger partial charge in [-0.3, -0.25) is 14.9 Å². The van der Waals surface area contributed by atoms with Crippen molar-refractivity contribution in [3.63, 3.8) is 0 Å². The summed E-state index contributed by atoms with van der Waals surface area (Å²) >= 11 is 9.27. The van der Waals surface area contributed by atoms with Crippen LogP contribution < -0.4 is 5.73 Å². The van der Waals surface area contributed by atoms with E-state index in [0.717, 1.165) is 4.47 Å². The number of rotatable bonds is 6. The highest BCUT2D eigenvalue weighted by Gasteiger charge is 2.19. The maximum absolute atomic E-state index is 13.1. The van der Waals surface area contributed by atoms with Crippen molar-refractivity contribution in [2.45, 2.75) is 0 Å². The Morgan fingerprint density at radius 1 is 1.00 bits per heavy atom. The number of nitro groups is 1. The number of ketones is 1. The fourth-order valence-electron chi connectivity index (χ4n) is 3.16. The van der Waals surface area contributed by atoms with E-state index in [9.17, 15) is 14.9 Å². The topological polar surface area (TPSA) is 124 Å². The zero-order valence-corrected chi connectivity index (χ0v) is 19.7. The van der Waals surface area contributed by atoms with Gasteiger partial charge in [0.25, 0.3) is 5.69 Å². The summed E-state index contributed by atoms with van der Waals surface area (Å²) in [7, 11) is 0. The number of benzene rings is 3. The number of aromatic nitrogens is 1. The van der Waals surface area contributed by atoms with Gasteiger partial charge in [-0.25, -0.2) is 4.98 Å². The normalized spacial score (nSPS) is 11.0. The SMILES string of the molecule is Nc1nc(-c2ccc(Br)cc2)c(N=Nc2ccc(Cl)c([N+](=O)[O-])c2)cc1C(=O)c1ccccc1. The maximum atomic E-state index is 13.1. The number of halogens is 2. The summed E-state index contributed by atoms with van der Waals surface area (Å²) < 4.78 is 0.872. The second kappa shape index (κ2) is 9.90. The highest BCUT2D eigenvalue weighted by Crippen LogP contribution is 2.35. The molecular weight excluding hydrogens is 522 g/mol. The molecule has 0 bridgehead atoms. The minimum atomic E-state index is -0.601. The van der Waals surface area contributed by atoms with Crippen LogP contribution in [0.25, 0.3) is 11.3 Å². The van der Waals surface area contributed by atoms with E-state index in [1.54, 1.807) is 30.3 Å². The first-order valence-corrected chi connectivity index (χ1v) is 11.0. The highest BCUT2D eigenvalue weighted by molar-refractivity contribution is 9.10. The zero-order chi connectivity index (χ0) is 24.2. The van der Waals surface area contributed by atoms with E-state index in [0.29, 0.717) is 16.8 Å². The number of nitrogens with two attached hydrogens (primary N) is 1. The van der Waals surface area contributed by atoms with Gasteiger partial charge in [0, 0.05) is 21.7 Å². The predicted octanol–water partition coefficient (Wildman–Crippen LogP) is 7.30. The van der Waals surface area contributed by atoms with Gasteiger partial charge in [0.2, 0.25) is 0 Å². The van der Waals surface area contributed by atoms with E-state index in [2.05, 4.69) is 31.1 Å². The number of nitrogen functional groups attached to an aromatic ring is 1. The molecule has 4 aromatic rings. The van der Waals surface area contributed by atoms with Crippen LogP contribution in [0.15, 0.2) is 93.6 Å². The predicted molar refractivity (Wildman–Crippen MR) is 134 cm³/mol. The first-order valence-electron chi connectivity index (χ1n) is 9.85. The van der Waals surface area contributed by atoms with Gasteiger partial charge < -0.3 is 5.73 Å². The lowest BCUT2D eigenvalue weighted by Crippen LogP contribution is -2.07. The van der Waals surface area contributed by atoms with E-state index >= 15 is 0 Å². The van der Waals surface area contributed by atoms with Gasteiger partial charge in [0.1, 0.15) is 22.2 Å². The van der Waals surface area contributed by atoms with Crippen molar-refractivity contribution in [2.75, 3.05) is 5.73 Å². The smallest absolute Gasteiger partial charge is 0.290 e. The Bertz CT molecular complexity index is 1430. The van der Waals surface area contributed by atoms with Gasteiger partial charge in [-0.2, -0.15) is 5.11 Å². The van der Waals surface area contributed by atoms with Crippen LogP contribution in [0.5, 0.6) is 0 Å². The number of azo groups is 1. The van der Waals surface area contributed by atoms with Crippen molar-refractivity contribution in [3.8, 4) is 11.3 Å². The summed E-state index contributed by atoms with van der Waals surface area (Å²) in [5.41, 5.74) is 8.09. The Morgan fingerprint density at radius 3 is 2.38 bits per heavy atom. The summed E-state index contributed by atoms with van der Waals surface area (Å²) in [6, 6.07) is 21.6. The van der Waals surface area contributed by atoms with Crippen molar-refractivity contribution in [3.05, 3.63) is 110 Å². The van der Waals surface area contributed by atoms with Crippen LogP contribution in [0.2, 0.25) is 5.02 Å². The average Bonchev–Trinajstić information content (AvgIpc) is 2.84. The average molecular weight is 537 g/mol. The van der Waals surface area contributed by atoms with Crippen molar-refractivity contribution >= 4 is 56.2 Å². The third-order valence-electron chi connectivity index (χ3n) is 4.83. The molecule has 0 saturated carbocycles. The minimum Gasteiger partial charge on any atom is -0.383 e. The van der Waals surface area contributed by atoms with Crippen molar-refractivity contribution in [1.29, 1.82) is 0 Å². The number of hydrogen-bond acceptors (Lipinski definition) is 7. The van der Waals surface area contributed by atoms with E-state index in [-0.39, 0.29) is 39.2 Å². The molecule has 0 spiro atoms. The molecule has 34 heavy (non-hydrogen) atoms. The van der Waals surface area contributed by atoms with Crippen LogP contribution in [0.4, 0.5) is 22.9 Å². The maximum Gasteiger partial charge on any atom is 0.290 e. The van der Waals surface area contributed by atoms with Crippen LogP contribution in [-0.2, 0) is 0 Å². The number of anilines is 1. The largest absolute Gasteiger partial charge is 0.383 e. The van der Waals surface area contributed by atoms with Gasteiger partial charge >= 0.3 is 0 Å². The number of nitrogens with zero attached hydrogens (tertiary/aromatic N) is 4. The molecule has 0 aliphatic heterocycles. The summed E-state index contributed by atoms with van der Waals surface area (Å²) in [6.45, 7) is 0. The number of carbonyl (C=O) groups excluding carboxylic acids is 1. The monoisotopic (exact) mass is 535 g/mol. The molecule has 0 atom stereocenters. The van der Waals surface area contributed by atoms with Crippen molar-refractivity contribution in [1.82, 2.24) is 4.98 Å². The molecule has 1 heterocycles. The molecule has 3 aromatic carbocycles. The molecule has 4 rings (SSSR count). The third-order valence-corrected chi connectivity index (χ3v) is 5.68. The quantitative estimate of drug-likeness (QED) is 0.120. The molecule has 0 amide bonds. The van der Waals surface area contributed by atoms with E-state index < -0.39 is 4.92 Å². The second-order valence-electron chi connectivity index (χ2n) is 7.08. The van der Waals surface area contributed by atoms with Crippen LogP contribution in [-0.4, -0.2) is 15.7 Å². The first-order chi connectivity index (χ1) is 16.3. The Balaban J connectivity index is 1.83. The van der Waals surface area contributed by atoms with Crippen molar-refractivity contribution in [2.24, 2.45) is 10.2 Å². The number of nitro benzene ring substituents is 1. The fraction of sp³-hybridized carbons (Fsp3) is 0. The van der Waals surface area contributed by atoms with Gasteiger partial charge in [-0.1, -0.05) is 70.0 Å². The van der Waals surface area contributed by atoms with Gasteiger partial charge in [-0.15, -0.1) is 5.11 Å². The lowest BCUT2D eigenvalue weighted by atomic mass is 10.0. The van der Waals surface area contributed by atoms with Gasteiger partial charge in [0.15, 0.2) is 5.78 Å². The standard InChI is InChI=1S/C24H15BrClN5O3/c25-16-8-6-14(7-9-16)22-20(30-29-17-10-11-19(26)21(12-17)31(33)34)13-18(24(27)28-22)23(32)15-4-2-1-3-5-15/h1-13H,(H2,27,28). The van der Waals surface area contributed by atoms with Crippen LogP contribution in [0.1, 0.15) is 15.9 Å². The van der Waals surface area contributed by atoms with E-state index in [4.69, 9.17) is 17.3 Å². The fourth-order valence-corrected chi connectivity index (χ4v) is 3.61. The molecule has 0 radical (unpaired) electrons. The minimum absolute atomic E-state index is 0.00982. The Morgan fingerprint density at radius 2 is 1.71 bits per heavy atom. The summed E-state index contributed by atoms with van der Waals surface area (Å²) in [4.78, 5) is 28.1. The van der Waals surface area contributed by atoms with Crippen LogP contribution >= 0.6 is 27.5 Å². The lowest BCUT2D eigenvalue weighted by molar-refractivity contribution is -0.384. The molecular formula is C24H15BrClN5O3. The Hall–Kier alpha value is -3.95. The van der Waals surface area contributed by atoms with Gasteiger partial charge in [-0.05, 0) is 30.3 Å². The summed E-state index contributed by atoms with van der Waals surface area (Å²) in [5.74, 6) is -0.264. The van der Waals surface area contributed by atoms with Crippen molar-refractivity contribution < 1.29 is 9.72 Å². The molecule has 8 nitrogen and oxygen atoms in total. The molecule has 0 aliphatic rings. The Labute approximate surface area is 207 Å². The molecule has 1 aromatic heterocycles. The molecule has 10 heteroatoms. The van der Waals surface area contributed by atoms with Crippen LogP contribution in [0.3, 0.4) is 0 Å². The first kappa shape index (κ1) is 23.2. The molecule has 0 saturated heterocycles. The highest BCUT2D eigenvalue weighted by atomic mass is 79.9. The van der Waals surface area contributed by atoms with E-state index in [1.165, 1.54) is 24.3 Å². The molecule has 0 aliphatic carbocycles. The number of hydrogen-bond donors (Lipinski definition) is 1. The second-order valence-corrected chi connectivity index (χ2v) is 8.41. The van der Waals surface area contributed by atoms with Crippen LogP contribution in [0, 0.1) is 10.1 Å². The lowest BCUT2D eigenvalue weighted by Gasteiger charge is -2.10. The Kier molecular flexibility index (Phi) is 6.76. The number of pyridine rings is 1. The molecule has 168 valence electrons.